The molecule has 4 rings (SSSR count). The zero-order chi connectivity index (χ0) is 21.3. The van der Waals surface area contributed by atoms with Crippen LogP contribution >= 0.6 is 12.2 Å². The average molecular weight is 423 g/mol. The molecule has 3 aromatic rings. The monoisotopic (exact) mass is 422 g/mol. The molecular weight excluding hydrogens is 400 g/mol. The lowest BCUT2D eigenvalue weighted by molar-refractivity contribution is 0.0997. The molecular formula is C22H22N4O3S. The molecule has 1 amide bonds. The van der Waals surface area contributed by atoms with Crippen molar-refractivity contribution >= 4 is 39.8 Å². The number of nitrogens with zero attached hydrogens (tertiary/aromatic N) is 1. The number of rotatable bonds is 6. The smallest absolute Gasteiger partial charge is 0.252 e. The van der Waals surface area contributed by atoms with Gasteiger partial charge >= 0.3 is 0 Å². The van der Waals surface area contributed by atoms with E-state index in [2.05, 4.69) is 15.6 Å². The van der Waals surface area contributed by atoms with Crippen molar-refractivity contribution in [3.8, 4) is 17.2 Å². The normalized spacial score (nSPS) is 13.0. The van der Waals surface area contributed by atoms with Gasteiger partial charge in [-0.25, -0.2) is 0 Å². The maximum absolute atomic E-state index is 11.8. The third-order valence-electron chi connectivity index (χ3n) is 4.85. The van der Waals surface area contributed by atoms with E-state index >= 15 is 0 Å². The molecule has 0 saturated heterocycles. The summed E-state index contributed by atoms with van der Waals surface area (Å²) >= 11 is 5.33. The van der Waals surface area contributed by atoms with Crippen LogP contribution in [-0.2, 0) is 0 Å². The van der Waals surface area contributed by atoms with E-state index in [1.165, 1.54) is 7.11 Å². The molecule has 0 radical (unpaired) electrons. The SMILES string of the molecule is COc1cc2nccc(Oc3ccc(NC(=S)NC4CC4)cc3C)c2cc1C(N)=O. The van der Waals surface area contributed by atoms with Crippen molar-refractivity contribution in [3.63, 3.8) is 0 Å². The lowest BCUT2D eigenvalue weighted by Gasteiger charge is -2.15. The van der Waals surface area contributed by atoms with E-state index in [4.69, 9.17) is 27.4 Å². The minimum Gasteiger partial charge on any atom is -0.496 e. The Bertz CT molecular complexity index is 1140. The van der Waals surface area contributed by atoms with E-state index in [1.807, 2.05) is 25.1 Å². The third-order valence-corrected chi connectivity index (χ3v) is 5.07. The van der Waals surface area contributed by atoms with E-state index in [1.54, 1.807) is 24.4 Å². The molecule has 4 N–H and O–H groups in total. The van der Waals surface area contributed by atoms with Crippen LogP contribution in [0.3, 0.4) is 0 Å². The molecule has 1 heterocycles. The quantitative estimate of drug-likeness (QED) is 0.518. The number of thiocarbonyl (C=S) groups is 1. The van der Waals surface area contributed by atoms with Crippen LogP contribution in [0.1, 0.15) is 28.8 Å². The predicted molar refractivity (Wildman–Crippen MR) is 120 cm³/mol. The number of pyridine rings is 1. The predicted octanol–water partition coefficient (Wildman–Crippen LogP) is 3.89. The van der Waals surface area contributed by atoms with Crippen LogP contribution in [0.2, 0.25) is 0 Å². The van der Waals surface area contributed by atoms with E-state index in [0.717, 1.165) is 24.1 Å². The van der Waals surface area contributed by atoms with Gasteiger partial charge in [-0.3, -0.25) is 9.78 Å². The van der Waals surface area contributed by atoms with Crippen molar-refractivity contribution in [1.82, 2.24) is 10.3 Å². The molecule has 1 fully saturated rings. The van der Waals surface area contributed by atoms with Gasteiger partial charge in [0.25, 0.3) is 5.91 Å². The molecule has 154 valence electrons. The number of carbonyl (C=O) groups is 1. The lowest BCUT2D eigenvalue weighted by atomic mass is 10.1. The Morgan fingerprint density at radius 1 is 1.17 bits per heavy atom. The summed E-state index contributed by atoms with van der Waals surface area (Å²) in [6, 6.07) is 11.3. The second-order valence-electron chi connectivity index (χ2n) is 7.20. The Morgan fingerprint density at radius 2 is 1.97 bits per heavy atom. The number of fused-ring (bicyclic) bond motifs is 1. The molecule has 1 aliphatic carbocycles. The molecule has 2 aromatic carbocycles. The summed E-state index contributed by atoms with van der Waals surface area (Å²) in [5, 5.41) is 7.74. The van der Waals surface area contributed by atoms with Crippen LogP contribution in [-0.4, -0.2) is 29.2 Å². The summed E-state index contributed by atoms with van der Waals surface area (Å²) in [5.74, 6) is 1.05. The molecule has 0 spiro atoms. The van der Waals surface area contributed by atoms with Gasteiger partial charge < -0.3 is 25.8 Å². The molecule has 0 aliphatic heterocycles. The number of carbonyl (C=O) groups excluding carboxylic acids is 1. The highest BCUT2D eigenvalue weighted by molar-refractivity contribution is 7.80. The largest absolute Gasteiger partial charge is 0.496 e. The van der Waals surface area contributed by atoms with E-state index in [0.29, 0.717) is 39.3 Å². The van der Waals surface area contributed by atoms with E-state index in [9.17, 15) is 4.79 Å². The number of aryl methyl sites for hydroxylation is 1. The number of nitrogens with one attached hydrogen (secondary N) is 2. The minimum absolute atomic E-state index is 0.274. The summed E-state index contributed by atoms with van der Waals surface area (Å²) in [6.45, 7) is 1.96. The molecule has 0 atom stereocenters. The molecule has 30 heavy (non-hydrogen) atoms. The number of amides is 1. The van der Waals surface area contributed by atoms with Gasteiger partial charge in [0.2, 0.25) is 0 Å². The van der Waals surface area contributed by atoms with E-state index in [-0.39, 0.29) is 5.56 Å². The van der Waals surface area contributed by atoms with Crippen molar-refractivity contribution in [2.24, 2.45) is 5.73 Å². The second kappa shape index (κ2) is 8.16. The number of anilines is 1. The maximum Gasteiger partial charge on any atom is 0.252 e. The molecule has 0 unspecified atom stereocenters. The van der Waals surface area contributed by atoms with Gasteiger partial charge in [0.1, 0.15) is 17.2 Å². The van der Waals surface area contributed by atoms with Crippen LogP contribution in [0.25, 0.3) is 10.9 Å². The highest BCUT2D eigenvalue weighted by Crippen LogP contribution is 2.34. The average Bonchev–Trinajstić information content (AvgIpc) is 3.52. The van der Waals surface area contributed by atoms with Crippen LogP contribution in [0.5, 0.6) is 17.2 Å². The summed E-state index contributed by atoms with van der Waals surface area (Å²) in [6.07, 6.45) is 3.97. The number of nitrogens with two attached hydrogens (primary N) is 1. The Kier molecular flexibility index (Phi) is 5.41. The number of hydrogen-bond acceptors (Lipinski definition) is 5. The molecule has 7 nitrogen and oxygen atoms in total. The first-order chi connectivity index (χ1) is 14.4. The van der Waals surface area contributed by atoms with Crippen LogP contribution in [0.15, 0.2) is 42.6 Å². The number of ether oxygens (including phenoxy) is 2. The van der Waals surface area contributed by atoms with Gasteiger partial charge in [0, 0.05) is 29.4 Å². The molecule has 8 heteroatoms. The first-order valence-electron chi connectivity index (χ1n) is 9.57. The first kappa shape index (κ1) is 19.9. The van der Waals surface area contributed by atoms with E-state index < -0.39 is 5.91 Å². The highest BCUT2D eigenvalue weighted by atomic mass is 32.1. The van der Waals surface area contributed by atoms with Crippen molar-refractivity contribution < 1.29 is 14.3 Å². The summed E-state index contributed by atoms with van der Waals surface area (Å²) in [7, 11) is 1.48. The van der Waals surface area contributed by atoms with Crippen LogP contribution < -0.4 is 25.8 Å². The fourth-order valence-corrected chi connectivity index (χ4v) is 3.42. The molecule has 0 bridgehead atoms. The number of methoxy groups -OCH3 is 1. The fourth-order valence-electron chi connectivity index (χ4n) is 3.14. The summed E-state index contributed by atoms with van der Waals surface area (Å²) < 4.78 is 11.4. The molecule has 1 saturated carbocycles. The van der Waals surface area contributed by atoms with Crippen molar-refractivity contribution in [2.45, 2.75) is 25.8 Å². The lowest BCUT2D eigenvalue weighted by Crippen LogP contribution is -2.30. The second-order valence-corrected chi connectivity index (χ2v) is 7.61. The Hall–Kier alpha value is -3.39. The first-order valence-corrected chi connectivity index (χ1v) is 9.98. The zero-order valence-corrected chi connectivity index (χ0v) is 17.5. The number of hydrogen-bond donors (Lipinski definition) is 3. The standard InChI is InChI=1S/C22H22N4O3S/c1-12-9-14(26-22(30)25-13-3-4-13)5-6-18(12)29-19-7-8-24-17-11-20(28-2)16(21(23)27)10-15(17)19/h5-11,13H,3-4H2,1-2H3,(H2,23,27)(H2,25,26,30). The van der Waals surface area contributed by atoms with Gasteiger partial charge in [-0.05, 0) is 67.9 Å². The van der Waals surface area contributed by atoms with Gasteiger partial charge in [-0.15, -0.1) is 0 Å². The zero-order valence-electron chi connectivity index (χ0n) is 16.7. The van der Waals surface area contributed by atoms with Gasteiger partial charge in [0.15, 0.2) is 5.11 Å². The van der Waals surface area contributed by atoms with Crippen molar-refractivity contribution in [1.29, 1.82) is 0 Å². The van der Waals surface area contributed by atoms with Crippen LogP contribution in [0, 0.1) is 6.92 Å². The fraction of sp³-hybridized carbons (Fsp3) is 0.227. The number of benzene rings is 2. The summed E-state index contributed by atoms with van der Waals surface area (Å²) in [5.41, 5.74) is 8.23. The topological polar surface area (TPSA) is 98.5 Å². The summed E-state index contributed by atoms with van der Waals surface area (Å²) in [4.78, 5) is 16.1. The maximum atomic E-state index is 11.8. The van der Waals surface area contributed by atoms with Gasteiger partial charge in [0.05, 0.1) is 18.2 Å². The van der Waals surface area contributed by atoms with Crippen LogP contribution in [0.4, 0.5) is 5.69 Å². The van der Waals surface area contributed by atoms with Gasteiger partial charge in [-0.2, -0.15) is 0 Å². The third kappa shape index (κ3) is 4.28. The number of aromatic nitrogens is 1. The molecule has 1 aromatic heterocycles. The number of primary amides is 1. The van der Waals surface area contributed by atoms with Gasteiger partial charge in [-0.1, -0.05) is 0 Å². The highest BCUT2D eigenvalue weighted by Gasteiger charge is 2.21. The molecule has 1 aliphatic rings. The minimum atomic E-state index is -0.578. The van der Waals surface area contributed by atoms with Crippen molar-refractivity contribution in [3.05, 3.63) is 53.7 Å². The Morgan fingerprint density at radius 3 is 2.63 bits per heavy atom. The Labute approximate surface area is 179 Å². The Balaban J connectivity index is 1.61. The van der Waals surface area contributed by atoms with Crippen molar-refractivity contribution in [2.75, 3.05) is 12.4 Å².